The number of imidazole rings is 2. The lowest BCUT2D eigenvalue weighted by Gasteiger charge is -2.28. The molecule has 1 aromatic carbocycles. The highest BCUT2D eigenvalue weighted by Crippen LogP contribution is 2.60. The maximum Gasteiger partial charge on any atom is 0.386 e. The van der Waals surface area contributed by atoms with Gasteiger partial charge in [0.25, 0.3) is 5.56 Å². The molecule has 0 aliphatic carbocycles. The first-order valence-electron chi connectivity index (χ1n) is 13.2. The Bertz CT molecular complexity index is 2010. The second-order valence-electron chi connectivity index (χ2n) is 10.4. The Labute approximate surface area is 277 Å². The molecule has 46 heavy (non-hydrogen) atoms. The lowest BCUT2D eigenvalue weighted by atomic mass is 10.1. The van der Waals surface area contributed by atoms with Crippen LogP contribution in [0.5, 0.6) is 0 Å². The van der Waals surface area contributed by atoms with Gasteiger partial charge in [-0.1, -0.05) is 47.7 Å². The van der Waals surface area contributed by atoms with Crippen molar-refractivity contribution in [3.8, 4) is 0 Å². The van der Waals surface area contributed by atoms with Crippen LogP contribution in [0.3, 0.4) is 0 Å². The zero-order chi connectivity index (χ0) is 32.7. The number of H-pyrrole nitrogens is 1. The molecule has 17 nitrogen and oxygen atoms in total. The monoisotopic (exact) mass is 759 g/mol. The van der Waals surface area contributed by atoms with Crippen molar-refractivity contribution in [1.82, 2.24) is 29.1 Å². The van der Waals surface area contributed by atoms with Crippen molar-refractivity contribution in [2.45, 2.75) is 49.1 Å². The molecule has 6 heterocycles. The minimum atomic E-state index is -4.40. The molecule has 3 aliphatic rings. The molecule has 0 amide bonds. The number of halogens is 3. The van der Waals surface area contributed by atoms with Crippen LogP contribution in [0, 0.1) is 0 Å². The fraction of sp³-hybridized carbons (Fsp3) is 0.455. The Kier molecular flexibility index (Phi) is 8.53. The van der Waals surface area contributed by atoms with E-state index in [0.717, 1.165) is 10.9 Å². The molecule has 6 unspecified atom stereocenters. The number of thiol groups is 2. The maximum atomic E-state index is 16.0. The van der Waals surface area contributed by atoms with Gasteiger partial charge in [-0.3, -0.25) is 32.4 Å². The summed E-state index contributed by atoms with van der Waals surface area (Å²) in [6, 6.07) is 3.04. The van der Waals surface area contributed by atoms with Crippen molar-refractivity contribution < 1.29 is 46.2 Å². The lowest BCUT2D eigenvalue weighted by molar-refractivity contribution is -0.0554. The first-order chi connectivity index (χ1) is 21.7. The highest BCUT2D eigenvalue weighted by atomic mass is 35.5. The zero-order valence-electron chi connectivity index (χ0n) is 22.7. The van der Waals surface area contributed by atoms with Crippen molar-refractivity contribution in [3.63, 3.8) is 0 Å². The minimum absolute atomic E-state index is 0.106. The third-order valence-corrected chi connectivity index (χ3v) is 11.5. The van der Waals surface area contributed by atoms with E-state index in [2.05, 4.69) is 44.4 Å². The summed E-state index contributed by atoms with van der Waals surface area (Å²) in [5.41, 5.74) is 5.59. The Morgan fingerprint density at radius 1 is 0.978 bits per heavy atom. The second-order valence-corrected chi connectivity index (χ2v) is 17.0. The number of alkyl halides is 1. The van der Waals surface area contributed by atoms with Crippen LogP contribution in [0.1, 0.15) is 12.5 Å². The van der Waals surface area contributed by atoms with Gasteiger partial charge in [0, 0.05) is 0 Å². The van der Waals surface area contributed by atoms with Crippen LogP contribution < -0.4 is 11.3 Å². The summed E-state index contributed by atoms with van der Waals surface area (Å²) in [6.07, 6.45) is -9.64. The SMILES string of the molecule is Nc1nc2c(ncn2[C@@H]2O[C@@H]3COP(=O)(S)OC4C(O)[C@H](n5cnc6cc(Cl)c(Cl)cc65)O[C@@H]4COP(=O)(S)OC3C2F)c(=O)[nH]1. The molecule has 248 valence electrons. The number of anilines is 1. The van der Waals surface area contributed by atoms with E-state index in [-0.39, 0.29) is 27.2 Å². The molecule has 0 saturated carbocycles. The van der Waals surface area contributed by atoms with Crippen molar-refractivity contribution in [2.24, 2.45) is 0 Å². The summed E-state index contributed by atoms with van der Waals surface area (Å²) in [7, 11) is 0. The molecule has 10 atom stereocenters. The van der Waals surface area contributed by atoms with E-state index in [9.17, 15) is 19.0 Å². The van der Waals surface area contributed by atoms with Gasteiger partial charge in [-0.05, 0) is 12.1 Å². The minimum Gasteiger partial charge on any atom is -0.386 e. The van der Waals surface area contributed by atoms with Gasteiger partial charge in [0.05, 0.1) is 46.9 Å². The number of ether oxygens (including phenoxy) is 2. The van der Waals surface area contributed by atoms with Gasteiger partial charge in [0.2, 0.25) is 5.95 Å². The third kappa shape index (κ3) is 5.91. The van der Waals surface area contributed by atoms with Crippen molar-refractivity contribution in [3.05, 3.63) is 45.2 Å². The molecule has 24 heteroatoms. The van der Waals surface area contributed by atoms with Crippen molar-refractivity contribution >= 4 is 89.4 Å². The van der Waals surface area contributed by atoms with Crippen LogP contribution in [0.15, 0.2) is 29.6 Å². The predicted molar refractivity (Wildman–Crippen MR) is 166 cm³/mol. The first-order valence-corrected chi connectivity index (χ1v) is 19.3. The molecule has 4 N–H and O–H groups in total. The normalized spacial score (nSPS) is 37.2. The number of nitrogens with one attached hydrogen (secondary N) is 1. The average Bonchev–Trinajstić information content (AvgIpc) is 3.72. The summed E-state index contributed by atoms with van der Waals surface area (Å²) in [5.74, 6) is -0.258. The van der Waals surface area contributed by atoms with E-state index in [1.54, 1.807) is 0 Å². The summed E-state index contributed by atoms with van der Waals surface area (Å²) >= 11 is 20.3. The van der Waals surface area contributed by atoms with Gasteiger partial charge < -0.3 is 24.9 Å². The molecular weight excluding hydrogens is 738 g/mol. The van der Waals surface area contributed by atoms with Gasteiger partial charge in [-0.15, -0.1) is 0 Å². The molecule has 3 saturated heterocycles. The van der Waals surface area contributed by atoms with Gasteiger partial charge in [-0.25, -0.2) is 23.5 Å². The summed E-state index contributed by atoms with van der Waals surface area (Å²) in [4.78, 5) is 26.7. The van der Waals surface area contributed by atoms with E-state index < -0.39 is 81.5 Å². The molecule has 0 spiro atoms. The number of aliphatic hydroxyl groups excluding tert-OH is 1. The first kappa shape index (κ1) is 32.8. The number of benzene rings is 1. The number of hydrogen-bond donors (Lipinski definition) is 5. The van der Waals surface area contributed by atoms with Crippen molar-refractivity contribution in [2.75, 3.05) is 18.9 Å². The fourth-order valence-electron chi connectivity index (χ4n) is 5.45. The highest BCUT2D eigenvalue weighted by molar-refractivity contribution is 8.44. The number of aromatic amines is 1. The number of fused-ring (bicyclic) bond motifs is 4. The topological polar surface area (TPSA) is 217 Å². The smallest absolute Gasteiger partial charge is 0.386 e. The fourth-order valence-corrected chi connectivity index (χ4v) is 8.74. The number of nitrogen functional groups attached to an aromatic ring is 1. The molecule has 3 aliphatic heterocycles. The molecule has 3 aromatic heterocycles. The van der Waals surface area contributed by atoms with Crippen LogP contribution in [-0.4, -0.2) is 84.1 Å². The Morgan fingerprint density at radius 2 is 1.59 bits per heavy atom. The highest BCUT2D eigenvalue weighted by Gasteiger charge is 2.54. The standard InChI is InChI=1S/C22H22Cl2FN7O10P2S2/c23-7-1-9-10(2-8(7)24)31(5-27-9)21-15(33)17-12(40-21)4-38-43(35,45)41-16-11(3-37-44(36,46)42-17)39-20(13(16)25)32-6-28-14-18(32)29-22(26)30-19(14)34/h1-2,5-6,11-13,15-17,20-21,33H,3-4H2,(H,35,45)(H,36,46)(H3,26,29,30,34)/t11-,12-,13?,15?,16?,17?,20-,21-,43?,44?/m1/s1. The number of rotatable bonds is 2. The summed E-state index contributed by atoms with van der Waals surface area (Å²) in [5, 5.41) is 11.8. The zero-order valence-corrected chi connectivity index (χ0v) is 27.8. The van der Waals surface area contributed by atoms with Crippen LogP contribution in [0.4, 0.5) is 10.3 Å². The van der Waals surface area contributed by atoms with Crippen molar-refractivity contribution in [1.29, 1.82) is 0 Å². The molecule has 0 bridgehead atoms. The van der Waals surface area contributed by atoms with Crippen LogP contribution in [0.25, 0.3) is 22.2 Å². The van der Waals surface area contributed by atoms with Gasteiger partial charge in [0.15, 0.2) is 29.8 Å². The van der Waals surface area contributed by atoms with Gasteiger partial charge in [-0.2, -0.15) is 4.98 Å². The third-order valence-electron chi connectivity index (χ3n) is 7.51. The maximum absolute atomic E-state index is 16.0. The molecule has 3 fully saturated rings. The molecule has 7 rings (SSSR count). The summed E-state index contributed by atoms with van der Waals surface area (Å²) in [6.45, 7) is -10.0. The van der Waals surface area contributed by atoms with Gasteiger partial charge >= 0.3 is 13.6 Å². The molecule has 4 aromatic rings. The Morgan fingerprint density at radius 3 is 2.30 bits per heavy atom. The number of aromatic nitrogens is 6. The van der Waals surface area contributed by atoms with E-state index in [0.29, 0.717) is 11.0 Å². The molecule has 0 radical (unpaired) electrons. The molecular formula is C22H22Cl2FN7O10P2S2. The van der Waals surface area contributed by atoms with Gasteiger partial charge in [0.1, 0.15) is 30.5 Å². The lowest BCUT2D eigenvalue weighted by Crippen LogP contribution is -2.37. The van der Waals surface area contributed by atoms with Crippen LogP contribution >= 0.6 is 61.3 Å². The van der Waals surface area contributed by atoms with Crippen LogP contribution in [0.2, 0.25) is 10.0 Å². The quantitative estimate of drug-likeness (QED) is 0.146. The largest absolute Gasteiger partial charge is 0.386 e. The van der Waals surface area contributed by atoms with E-state index in [4.69, 9.17) is 56.5 Å². The average molecular weight is 760 g/mol. The van der Waals surface area contributed by atoms with E-state index >= 15 is 4.39 Å². The number of nitrogens with zero attached hydrogens (tertiary/aromatic N) is 5. The summed E-state index contributed by atoms with van der Waals surface area (Å²) < 4.78 is 79.2. The predicted octanol–water partition coefficient (Wildman–Crippen LogP) is 3.45. The number of hydrogen-bond acceptors (Lipinski definition) is 14. The van der Waals surface area contributed by atoms with Crippen LogP contribution in [-0.2, 0) is 36.7 Å². The Balaban J connectivity index is 1.17. The van der Waals surface area contributed by atoms with E-state index in [1.807, 2.05) is 0 Å². The number of nitrogens with two attached hydrogens (primary N) is 1. The second kappa shape index (κ2) is 12.0. The van der Waals surface area contributed by atoms with E-state index in [1.165, 1.54) is 23.0 Å². The Hall–Kier alpha value is -1.77. The number of aliphatic hydroxyl groups is 1.